The van der Waals surface area contributed by atoms with Gasteiger partial charge in [-0.1, -0.05) is 23.9 Å². The average Bonchev–Trinajstić information content (AvgIpc) is 3.17. The van der Waals surface area contributed by atoms with Crippen LogP contribution in [-0.4, -0.2) is 29.1 Å². The summed E-state index contributed by atoms with van der Waals surface area (Å²) in [4.78, 5) is 31.3. The van der Waals surface area contributed by atoms with Gasteiger partial charge in [-0.15, -0.1) is 0 Å². The average molecular weight is 404 g/mol. The molecule has 29 heavy (non-hydrogen) atoms. The lowest BCUT2D eigenvalue weighted by Crippen LogP contribution is -2.43. The van der Waals surface area contributed by atoms with Crippen molar-refractivity contribution in [1.82, 2.24) is 4.98 Å². The van der Waals surface area contributed by atoms with Gasteiger partial charge in [-0.05, 0) is 73.2 Å². The van der Waals surface area contributed by atoms with Crippen LogP contribution in [0, 0.1) is 6.92 Å². The molecule has 2 aromatic carbocycles. The molecule has 0 saturated carbocycles. The molecule has 0 fully saturated rings. The Balaban J connectivity index is 1.38. The van der Waals surface area contributed by atoms with Gasteiger partial charge in [0.2, 0.25) is 11.8 Å². The first kappa shape index (κ1) is 18.2. The highest BCUT2D eigenvalue weighted by Crippen LogP contribution is 2.32. The zero-order chi connectivity index (χ0) is 20.0. The molecule has 6 heteroatoms. The number of fused-ring (bicyclic) bond motifs is 3. The minimum atomic E-state index is -0.170. The summed E-state index contributed by atoms with van der Waals surface area (Å²) in [7, 11) is 0. The highest BCUT2D eigenvalue weighted by atomic mass is 32.2. The Kier molecular flexibility index (Phi) is 4.51. The quantitative estimate of drug-likeness (QED) is 0.669. The molecule has 2 amide bonds. The predicted molar refractivity (Wildman–Crippen MR) is 117 cm³/mol. The topological polar surface area (TPSA) is 62.3 Å². The standard InChI is InChI=1S/C23H21N3O2S/c1-14-9-17-10-15-5-4-6-16(15)11-19(17)25-23(14)29-13-22(28)26-12-21(27)24-18-7-2-3-8-20(18)26/h2-3,7-11H,4-6,12-13H2,1H3,(H,24,27). The summed E-state index contributed by atoms with van der Waals surface area (Å²) >= 11 is 1.44. The van der Waals surface area contributed by atoms with E-state index in [4.69, 9.17) is 4.98 Å². The third-order valence-corrected chi connectivity index (χ3v) is 6.65. The summed E-state index contributed by atoms with van der Waals surface area (Å²) in [6, 6.07) is 14.0. The molecule has 3 aromatic rings. The molecule has 0 radical (unpaired) electrons. The maximum absolute atomic E-state index is 12.9. The van der Waals surface area contributed by atoms with Crippen molar-refractivity contribution in [3.8, 4) is 0 Å². The highest BCUT2D eigenvalue weighted by molar-refractivity contribution is 8.00. The molecular formula is C23H21N3O2S. The number of hydrogen-bond acceptors (Lipinski definition) is 4. The summed E-state index contributed by atoms with van der Waals surface area (Å²) in [6.45, 7) is 2.09. The van der Waals surface area contributed by atoms with Gasteiger partial charge in [-0.3, -0.25) is 9.59 Å². The Bertz CT molecular complexity index is 1160. The van der Waals surface area contributed by atoms with Crippen molar-refractivity contribution in [1.29, 1.82) is 0 Å². The van der Waals surface area contributed by atoms with Crippen LogP contribution in [0.25, 0.3) is 10.9 Å². The third kappa shape index (κ3) is 3.38. The van der Waals surface area contributed by atoms with Gasteiger partial charge in [0.1, 0.15) is 11.6 Å². The summed E-state index contributed by atoms with van der Waals surface area (Å²) < 4.78 is 0. The lowest BCUT2D eigenvalue weighted by atomic mass is 10.1. The number of carbonyl (C=O) groups excluding carboxylic acids is 2. The van der Waals surface area contributed by atoms with Gasteiger partial charge >= 0.3 is 0 Å². The number of nitrogens with zero attached hydrogens (tertiary/aromatic N) is 2. The number of amides is 2. The number of pyridine rings is 1. The number of rotatable bonds is 3. The van der Waals surface area contributed by atoms with E-state index in [1.54, 1.807) is 4.90 Å². The molecular weight excluding hydrogens is 382 g/mol. The zero-order valence-corrected chi connectivity index (χ0v) is 17.0. The Labute approximate surface area is 173 Å². The molecule has 1 N–H and O–H groups in total. The normalized spacial score (nSPS) is 15.2. The first-order valence-corrected chi connectivity index (χ1v) is 10.8. The van der Waals surface area contributed by atoms with Crippen LogP contribution in [0.5, 0.6) is 0 Å². The number of aryl methyl sites for hydroxylation is 3. The van der Waals surface area contributed by atoms with Crippen LogP contribution in [0.2, 0.25) is 0 Å². The molecule has 146 valence electrons. The second-order valence-electron chi connectivity index (χ2n) is 7.61. The number of anilines is 2. The zero-order valence-electron chi connectivity index (χ0n) is 16.2. The Morgan fingerprint density at radius 3 is 2.83 bits per heavy atom. The molecule has 0 unspecified atom stereocenters. The fraction of sp³-hybridized carbons (Fsp3) is 0.261. The van der Waals surface area contributed by atoms with Crippen LogP contribution in [-0.2, 0) is 22.4 Å². The summed E-state index contributed by atoms with van der Waals surface area (Å²) in [5.41, 5.74) is 6.33. The molecule has 1 aliphatic carbocycles. The fourth-order valence-electron chi connectivity index (χ4n) is 4.15. The number of aromatic nitrogens is 1. The second kappa shape index (κ2) is 7.19. The number of para-hydroxylation sites is 2. The molecule has 5 rings (SSSR count). The van der Waals surface area contributed by atoms with E-state index < -0.39 is 0 Å². The van der Waals surface area contributed by atoms with Crippen molar-refractivity contribution < 1.29 is 9.59 Å². The van der Waals surface area contributed by atoms with Gasteiger partial charge in [0.25, 0.3) is 0 Å². The van der Waals surface area contributed by atoms with Crippen molar-refractivity contribution in [2.75, 3.05) is 22.5 Å². The van der Waals surface area contributed by atoms with Gasteiger partial charge in [0.05, 0.1) is 22.6 Å². The number of hydrogen-bond donors (Lipinski definition) is 1. The van der Waals surface area contributed by atoms with Crippen molar-refractivity contribution >= 4 is 45.9 Å². The van der Waals surface area contributed by atoms with Gasteiger partial charge in [0, 0.05) is 5.39 Å². The van der Waals surface area contributed by atoms with Gasteiger partial charge < -0.3 is 10.2 Å². The molecule has 0 saturated heterocycles. The summed E-state index contributed by atoms with van der Waals surface area (Å²) in [6.07, 6.45) is 3.49. The maximum atomic E-state index is 12.9. The number of nitrogens with one attached hydrogen (secondary N) is 1. The molecule has 2 heterocycles. The monoisotopic (exact) mass is 403 g/mol. The number of benzene rings is 2. The van der Waals surface area contributed by atoms with Crippen LogP contribution >= 0.6 is 11.8 Å². The van der Waals surface area contributed by atoms with E-state index in [0.717, 1.165) is 34.6 Å². The van der Waals surface area contributed by atoms with Crippen molar-refractivity contribution in [2.45, 2.75) is 31.2 Å². The first-order chi connectivity index (χ1) is 14.1. The van der Waals surface area contributed by atoms with Gasteiger partial charge in [0.15, 0.2) is 0 Å². The lowest BCUT2D eigenvalue weighted by Gasteiger charge is -2.29. The van der Waals surface area contributed by atoms with E-state index in [1.165, 1.54) is 34.7 Å². The fourth-order valence-corrected chi connectivity index (χ4v) is 5.01. The lowest BCUT2D eigenvalue weighted by molar-refractivity contribution is -0.120. The smallest absolute Gasteiger partial charge is 0.244 e. The SMILES string of the molecule is Cc1cc2cc3c(cc2nc1SCC(=O)N1CC(=O)Nc2ccccc21)CCC3. The summed E-state index contributed by atoms with van der Waals surface area (Å²) in [5, 5.41) is 4.86. The largest absolute Gasteiger partial charge is 0.323 e. The van der Waals surface area contributed by atoms with E-state index in [9.17, 15) is 9.59 Å². The van der Waals surface area contributed by atoms with E-state index >= 15 is 0 Å². The Hall–Kier alpha value is -2.86. The molecule has 0 bridgehead atoms. The van der Waals surface area contributed by atoms with Gasteiger partial charge in [-0.2, -0.15) is 0 Å². The summed E-state index contributed by atoms with van der Waals surface area (Å²) in [5.74, 6) is -0.0187. The van der Waals surface area contributed by atoms with Gasteiger partial charge in [-0.25, -0.2) is 4.98 Å². The highest BCUT2D eigenvalue weighted by Gasteiger charge is 2.26. The minimum Gasteiger partial charge on any atom is -0.323 e. The van der Waals surface area contributed by atoms with E-state index in [2.05, 4.69) is 23.5 Å². The molecule has 2 aliphatic rings. The Morgan fingerprint density at radius 1 is 1.17 bits per heavy atom. The van der Waals surface area contributed by atoms with Crippen molar-refractivity contribution in [3.63, 3.8) is 0 Å². The predicted octanol–water partition coefficient (Wildman–Crippen LogP) is 4.11. The van der Waals surface area contributed by atoms with Crippen molar-refractivity contribution in [2.24, 2.45) is 0 Å². The second-order valence-corrected chi connectivity index (χ2v) is 8.58. The van der Waals surface area contributed by atoms with Crippen LogP contribution in [0.3, 0.4) is 0 Å². The molecule has 1 aliphatic heterocycles. The molecule has 0 spiro atoms. The van der Waals surface area contributed by atoms with E-state index in [1.807, 2.05) is 31.2 Å². The van der Waals surface area contributed by atoms with Crippen molar-refractivity contribution in [3.05, 3.63) is 59.2 Å². The first-order valence-electron chi connectivity index (χ1n) is 9.84. The van der Waals surface area contributed by atoms with E-state index in [-0.39, 0.29) is 24.1 Å². The van der Waals surface area contributed by atoms with Crippen LogP contribution in [0.1, 0.15) is 23.1 Å². The third-order valence-electron chi connectivity index (χ3n) is 5.58. The van der Waals surface area contributed by atoms with Crippen LogP contribution in [0.4, 0.5) is 11.4 Å². The molecule has 1 aromatic heterocycles. The van der Waals surface area contributed by atoms with Crippen LogP contribution in [0.15, 0.2) is 47.5 Å². The van der Waals surface area contributed by atoms with Crippen LogP contribution < -0.4 is 10.2 Å². The number of thioether (sulfide) groups is 1. The molecule has 0 atom stereocenters. The number of carbonyl (C=O) groups is 2. The molecule has 5 nitrogen and oxygen atoms in total. The van der Waals surface area contributed by atoms with E-state index in [0.29, 0.717) is 5.69 Å². The Morgan fingerprint density at radius 2 is 1.97 bits per heavy atom. The maximum Gasteiger partial charge on any atom is 0.244 e. The minimum absolute atomic E-state index is 0.0483.